The summed E-state index contributed by atoms with van der Waals surface area (Å²) in [6.07, 6.45) is 0. The van der Waals surface area contributed by atoms with Gasteiger partial charge in [-0.05, 0) is 35.4 Å². The van der Waals surface area contributed by atoms with Crippen LogP contribution in [0.25, 0.3) is 0 Å². The van der Waals surface area contributed by atoms with E-state index in [-0.39, 0.29) is 0 Å². The van der Waals surface area contributed by atoms with Crippen LogP contribution in [0.3, 0.4) is 0 Å². The molecule has 0 bridgehead atoms. The predicted molar refractivity (Wildman–Crippen MR) is 123 cm³/mol. The van der Waals surface area contributed by atoms with Crippen LogP contribution >= 0.6 is 0 Å². The van der Waals surface area contributed by atoms with Gasteiger partial charge >= 0.3 is 0 Å². The third-order valence-electron chi connectivity index (χ3n) is 4.91. The molecule has 0 saturated heterocycles. The molecule has 0 saturated carbocycles. The molecule has 0 spiro atoms. The van der Waals surface area contributed by atoms with Gasteiger partial charge in [-0.2, -0.15) is 5.06 Å². The molecule has 150 valence electrons. The van der Waals surface area contributed by atoms with Crippen molar-refractivity contribution in [2.24, 2.45) is 0 Å². The molecule has 0 amide bonds. The first-order valence-electron chi connectivity index (χ1n) is 10.2. The van der Waals surface area contributed by atoms with E-state index in [1.165, 1.54) is 11.1 Å². The maximum absolute atomic E-state index is 6.38. The van der Waals surface area contributed by atoms with Crippen molar-refractivity contribution < 1.29 is 4.84 Å². The largest absolute Gasteiger partial charge is 0.316 e. The Morgan fingerprint density at radius 2 is 0.833 bits per heavy atom. The number of para-hydroxylation sites is 2. The van der Waals surface area contributed by atoms with Crippen molar-refractivity contribution in [1.29, 1.82) is 0 Å². The fourth-order valence-electron chi connectivity index (χ4n) is 3.37. The lowest BCUT2D eigenvalue weighted by molar-refractivity contribution is -0.171. The number of hydrogen-bond acceptors (Lipinski definition) is 3. The average molecular weight is 395 g/mol. The molecular formula is C27H26N2O. The van der Waals surface area contributed by atoms with Gasteiger partial charge in [-0.3, -0.25) is 4.84 Å². The summed E-state index contributed by atoms with van der Waals surface area (Å²) in [5.41, 5.74) is 4.64. The maximum atomic E-state index is 6.38. The van der Waals surface area contributed by atoms with Crippen LogP contribution in [0.5, 0.6) is 0 Å². The highest BCUT2D eigenvalue weighted by Crippen LogP contribution is 2.25. The minimum atomic E-state index is 0.424. The zero-order chi connectivity index (χ0) is 20.4. The van der Waals surface area contributed by atoms with Crippen molar-refractivity contribution in [2.45, 2.75) is 13.1 Å². The topological polar surface area (TPSA) is 15.7 Å². The van der Waals surface area contributed by atoms with E-state index in [0.29, 0.717) is 19.8 Å². The van der Waals surface area contributed by atoms with E-state index < -0.39 is 0 Å². The molecule has 3 nitrogen and oxygen atoms in total. The lowest BCUT2D eigenvalue weighted by Gasteiger charge is -2.29. The number of hydroxylamine groups is 2. The number of anilines is 2. The van der Waals surface area contributed by atoms with Gasteiger partial charge in [-0.25, -0.2) is 0 Å². The molecule has 0 N–H and O–H groups in total. The SMILES string of the molecule is c1ccc(CN(Cc2ccccc2)OCN(c2ccccc2)c2ccccc2)cc1. The Bertz CT molecular complexity index is 911. The summed E-state index contributed by atoms with van der Waals surface area (Å²) >= 11 is 0. The molecule has 30 heavy (non-hydrogen) atoms. The number of rotatable bonds is 9. The molecule has 0 radical (unpaired) electrons. The van der Waals surface area contributed by atoms with Gasteiger partial charge < -0.3 is 4.90 Å². The van der Waals surface area contributed by atoms with Gasteiger partial charge in [0.05, 0.1) is 0 Å². The van der Waals surface area contributed by atoms with Crippen LogP contribution in [-0.2, 0) is 17.9 Å². The molecule has 0 heterocycles. The van der Waals surface area contributed by atoms with E-state index in [0.717, 1.165) is 11.4 Å². The first-order valence-corrected chi connectivity index (χ1v) is 10.2. The third kappa shape index (κ3) is 5.57. The Labute approximate surface area is 178 Å². The van der Waals surface area contributed by atoms with Crippen molar-refractivity contribution in [3.63, 3.8) is 0 Å². The molecule has 0 aliphatic rings. The van der Waals surface area contributed by atoms with Gasteiger partial charge in [0.1, 0.15) is 6.73 Å². The van der Waals surface area contributed by atoms with Crippen LogP contribution in [0.4, 0.5) is 11.4 Å². The average Bonchev–Trinajstić information content (AvgIpc) is 2.82. The Kier molecular flexibility index (Phi) is 6.90. The molecule has 4 aromatic carbocycles. The second-order valence-electron chi connectivity index (χ2n) is 7.13. The summed E-state index contributed by atoms with van der Waals surface area (Å²) in [6, 6.07) is 41.6. The minimum Gasteiger partial charge on any atom is -0.316 e. The molecule has 4 rings (SSSR count). The van der Waals surface area contributed by atoms with Crippen molar-refractivity contribution in [1.82, 2.24) is 5.06 Å². The lowest BCUT2D eigenvalue weighted by atomic mass is 10.2. The quantitative estimate of drug-likeness (QED) is 0.241. The number of nitrogens with zero attached hydrogens (tertiary/aromatic N) is 2. The van der Waals surface area contributed by atoms with Crippen LogP contribution in [0.15, 0.2) is 121 Å². The summed E-state index contributed by atoms with van der Waals surface area (Å²) in [5.74, 6) is 0. The van der Waals surface area contributed by atoms with E-state index in [1.807, 2.05) is 29.3 Å². The fraction of sp³-hybridized carbons (Fsp3) is 0.111. The van der Waals surface area contributed by atoms with Gasteiger partial charge in [0.25, 0.3) is 0 Å². The first-order chi connectivity index (χ1) is 14.9. The van der Waals surface area contributed by atoms with E-state index in [9.17, 15) is 0 Å². The Hall–Kier alpha value is -3.40. The Balaban J connectivity index is 1.54. The highest BCUT2D eigenvalue weighted by atomic mass is 16.7. The molecule has 4 aromatic rings. The van der Waals surface area contributed by atoms with Crippen molar-refractivity contribution in [3.05, 3.63) is 132 Å². The highest BCUT2D eigenvalue weighted by Gasteiger charge is 2.13. The Morgan fingerprint density at radius 1 is 0.467 bits per heavy atom. The molecule has 3 heteroatoms. The second-order valence-corrected chi connectivity index (χ2v) is 7.13. The zero-order valence-corrected chi connectivity index (χ0v) is 17.0. The van der Waals surface area contributed by atoms with Gasteiger partial charge in [-0.15, -0.1) is 0 Å². The molecule has 0 unspecified atom stereocenters. The van der Waals surface area contributed by atoms with E-state index in [4.69, 9.17) is 4.84 Å². The van der Waals surface area contributed by atoms with Crippen molar-refractivity contribution in [3.8, 4) is 0 Å². The summed E-state index contributed by atoms with van der Waals surface area (Å²) < 4.78 is 0. The Morgan fingerprint density at radius 3 is 1.23 bits per heavy atom. The molecule has 0 aliphatic carbocycles. The van der Waals surface area contributed by atoms with Crippen LogP contribution in [0, 0.1) is 0 Å². The van der Waals surface area contributed by atoms with E-state index in [1.54, 1.807) is 0 Å². The molecular weight excluding hydrogens is 368 g/mol. The maximum Gasteiger partial charge on any atom is 0.144 e. The van der Waals surface area contributed by atoms with Gasteiger partial charge in [0, 0.05) is 24.5 Å². The molecule has 0 aliphatic heterocycles. The first kappa shape index (κ1) is 19.9. The highest BCUT2D eigenvalue weighted by molar-refractivity contribution is 5.62. The molecule has 0 aromatic heterocycles. The predicted octanol–water partition coefficient (Wildman–Crippen LogP) is 6.42. The summed E-state index contributed by atoms with van der Waals surface area (Å²) in [7, 11) is 0. The summed E-state index contributed by atoms with van der Waals surface area (Å²) in [6.45, 7) is 1.86. The third-order valence-corrected chi connectivity index (χ3v) is 4.91. The van der Waals surface area contributed by atoms with Crippen LogP contribution in [0.2, 0.25) is 0 Å². The van der Waals surface area contributed by atoms with E-state index in [2.05, 4.69) is 102 Å². The van der Waals surface area contributed by atoms with Crippen LogP contribution in [0.1, 0.15) is 11.1 Å². The van der Waals surface area contributed by atoms with Crippen LogP contribution in [-0.4, -0.2) is 11.8 Å². The lowest BCUT2D eigenvalue weighted by Crippen LogP contribution is -2.30. The van der Waals surface area contributed by atoms with Gasteiger partial charge in [-0.1, -0.05) is 97.1 Å². The van der Waals surface area contributed by atoms with Crippen molar-refractivity contribution in [2.75, 3.05) is 11.6 Å². The van der Waals surface area contributed by atoms with Gasteiger partial charge in [0.2, 0.25) is 0 Å². The zero-order valence-electron chi connectivity index (χ0n) is 17.0. The fourth-order valence-corrected chi connectivity index (χ4v) is 3.37. The summed E-state index contributed by atoms with van der Waals surface area (Å²) in [5, 5.41) is 2.03. The molecule has 0 fully saturated rings. The number of hydrogen-bond donors (Lipinski definition) is 0. The van der Waals surface area contributed by atoms with E-state index >= 15 is 0 Å². The minimum absolute atomic E-state index is 0.424. The number of benzene rings is 4. The standard InChI is InChI=1S/C27H26N2O/c1-5-13-24(14-6-1)21-28(22-25-15-7-2-8-16-25)30-23-29(26-17-9-3-10-18-26)27-19-11-4-12-20-27/h1-20H,21-23H2. The summed E-state index contributed by atoms with van der Waals surface area (Å²) in [4.78, 5) is 8.56. The second kappa shape index (κ2) is 10.4. The monoisotopic (exact) mass is 394 g/mol. The normalized spacial score (nSPS) is 10.8. The smallest absolute Gasteiger partial charge is 0.144 e. The van der Waals surface area contributed by atoms with Gasteiger partial charge in [0.15, 0.2) is 0 Å². The molecule has 0 atom stereocenters. The van der Waals surface area contributed by atoms with Crippen molar-refractivity contribution >= 4 is 11.4 Å². The van der Waals surface area contributed by atoms with Crippen LogP contribution < -0.4 is 4.90 Å².